The Hall–Kier alpha value is -3.32. The van der Waals surface area contributed by atoms with Crippen LogP contribution in [0.1, 0.15) is 28.1 Å². The van der Waals surface area contributed by atoms with Gasteiger partial charge in [-0.05, 0) is 32.0 Å². The van der Waals surface area contributed by atoms with Crippen LogP contribution in [-0.4, -0.2) is 22.9 Å². The van der Waals surface area contributed by atoms with Crippen molar-refractivity contribution in [3.05, 3.63) is 82.5 Å². The number of aliphatic imine (C=N–C) groups is 1. The first kappa shape index (κ1) is 18.1. The number of nitrogens with zero attached hydrogens (tertiary/aromatic N) is 3. The minimum Gasteiger partial charge on any atom is -0.361 e. The number of halogens is 1. The smallest absolute Gasteiger partial charge is 0.266 e. The number of fused-ring (bicyclic) bond motifs is 1. The number of carbonyl (C=O) groups excluding carboxylic acids is 1. The van der Waals surface area contributed by atoms with Crippen LogP contribution in [0.15, 0.2) is 58.0 Å². The highest BCUT2D eigenvalue weighted by Gasteiger charge is 2.31. The van der Waals surface area contributed by atoms with Gasteiger partial charge in [-0.2, -0.15) is 0 Å². The maximum atomic E-state index is 14.5. The van der Waals surface area contributed by atoms with Gasteiger partial charge in [0.1, 0.15) is 11.6 Å². The molecule has 0 aliphatic carbocycles. The lowest BCUT2D eigenvalue weighted by molar-refractivity contribution is -0.119. The Morgan fingerprint density at radius 1 is 1.11 bits per heavy atom. The highest BCUT2D eigenvalue weighted by atomic mass is 19.1. The second kappa shape index (κ2) is 7.01. The molecule has 7 heteroatoms. The predicted molar refractivity (Wildman–Crippen MR) is 104 cm³/mol. The summed E-state index contributed by atoms with van der Waals surface area (Å²) in [6, 6.07) is 13.6. The molecule has 0 radical (unpaired) electrons. The summed E-state index contributed by atoms with van der Waals surface area (Å²) in [5.74, 6) is -0.162. The van der Waals surface area contributed by atoms with E-state index >= 15 is 0 Å². The van der Waals surface area contributed by atoms with Gasteiger partial charge in [-0.15, -0.1) is 0 Å². The quantitative estimate of drug-likeness (QED) is 0.759. The molecular formula is C21H19FN4O2. The van der Waals surface area contributed by atoms with E-state index in [2.05, 4.69) is 10.1 Å². The van der Waals surface area contributed by atoms with Crippen LogP contribution < -0.4 is 10.6 Å². The molecule has 0 spiro atoms. The van der Waals surface area contributed by atoms with Crippen molar-refractivity contribution in [2.45, 2.75) is 26.6 Å². The van der Waals surface area contributed by atoms with Crippen LogP contribution in [0.25, 0.3) is 0 Å². The first-order valence-electron chi connectivity index (χ1n) is 8.88. The number of nitrogens with two attached hydrogens (primary N) is 1. The third kappa shape index (κ3) is 2.99. The minimum absolute atomic E-state index is 0.241. The Balaban J connectivity index is 1.88. The molecule has 2 heterocycles. The summed E-state index contributed by atoms with van der Waals surface area (Å²) < 4.78 is 19.7. The molecule has 6 nitrogen and oxygen atoms in total. The minimum atomic E-state index is -1.15. The second-order valence-corrected chi connectivity index (χ2v) is 6.65. The number of carbonyl (C=O) groups is 1. The fourth-order valence-corrected chi connectivity index (χ4v) is 3.37. The largest absolute Gasteiger partial charge is 0.361 e. The van der Waals surface area contributed by atoms with Crippen LogP contribution in [0, 0.1) is 19.7 Å². The number of anilines is 1. The van der Waals surface area contributed by atoms with E-state index < -0.39 is 12.0 Å². The maximum Gasteiger partial charge on any atom is 0.266 e. The fraction of sp³-hybridized carbons (Fsp3) is 0.190. The van der Waals surface area contributed by atoms with Gasteiger partial charge in [0.15, 0.2) is 6.17 Å². The molecule has 0 bridgehead atoms. The van der Waals surface area contributed by atoms with Crippen LogP contribution >= 0.6 is 0 Å². The number of hydrogen-bond acceptors (Lipinski definition) is 5. The Bertz CT molecular complexity index is 1070. The number of aromatic nitrogens is 1. The molecule has 1 amide bonds. The molecule has 0 saturated carbocycles. The zero-order valence-electron chi connectivity index (χ0n) is 15.5. The standard InChI is InChI=1S/C21H19FN4O2/c1-12-16(13(2)28-25-12)11-26-18-10-6-4-8-15(18)19(24-20(23)21(26)27)14-7-3-5-9-17(14)22/h3-10,20H,11,23H2,1-2H3. The summed E-state index contributed by atoms with van der Waals surface area (Å²) >= 11 is 0. The molecule has 1 atom stereocenters. The molecule has 1 aromatic heterocycles. The lowest BCUT2D eigenvalue weighted by Crippen LogP contribution is -2.42. The van der Waals surface area contributed by atoms with E-state index in [-0.39, 0.29) is 12.5 Å². The van der Waals surface area contributed by atoms with Gasteiger partial charge in [0.25, 0.3) is 5.91 Å². The molecule has 1 aliphatic heterocycles. The van der Waals surface area contributed by atoms with Gasteiger partial charge in [-0.3, -0.25) is 9.79 Å². The number of hydrogen-bond donors (Lipinski definition) is 1. The average molecular weight is 378 g/mol. The fourth-order valence-electron chi connectivity index (χ4n) is 3.37. The van der Waals surface area contributed by atoms with Gasteiger partial charge in [0.05, 0.1) is 23.6 Å². The zero-order valence-corrected chi connectivity index (χ0v) is 15.5. The average Bonchev–Trinajstić information content (AvgIpc) is 2.96. The molecule has 0 saturated heterocycles. The van der Waals surface area contributed by atoms with E-state index in [0.717, 1.165) is 5.56 Å². The van der Waals surface area contributed by atoms with Crippen LogP contribution in [0.3, 0.4) is 0 Å². The van der Waals surface area contributed by atoms with Crippen molar-refractivity contribution < 1.29 is 13.7 Å². The van der Waals surface area contributed by atoms with E-state index in [1.165, 1.54) is 6.07 Å². The van der Waals surface area contributed by atoms with Gasteiger partial charge in [-0.25, -0.2) is 4.39 Å². The molecule has 1 aliphatic rings. The first-order chi connectivity index (χ1) is 13.5. The zero-order chi connectivity index (χ0) is 19.8. The van der Waals surface area contributed by atoms with Crippen molar-refractivity contribution in [3.8, 4) is 0 Å². The summed E-state index contributed by atoms with van der Waals surface area (Å²) in [6.07, 6.45) is -1.15. The third-order valence-corrected chi connectivity index (χ3v) is 4.86. The maximum absolute atomic E-state index is 14.5. The summed E-state index contributed by atoms with van der Waals surface area (Å²) in [7, 11) is 0. The number of benzene rings is 2. The number of rotatable bonds is 3. The summed E-state index contributed by atoms with van der Waals surface area (Å²) in [5, 5.41) is 3.96. The third-order valence-electron chi connectivity index (χ3n) is 4.86. The molecule has 2 N–H and O–H groups in total. The normalized spacial score (nSPS) is 16.6. The van der Waals surface area contributed by atoms with Crippen LogP contribution in [-0.2, 0) is 11.3 Å². The number of amides is 1. The number of benzodiazepines with no additional fused rings is 1. The van der Waals surface area contributed by atoms with E-state index in [0.29, 0.717) is 34.0 Å². The molecule has 3 aromatic rings. The molecule has 2 aromatic carbocycles. The first-order valence-corrected chi connectivity index (χ1v) is 8.88. The van der Waals surface area contributed by atoms with Gasteiger partial charge in [0, 0.05) is 16.7 Å². The highest BCUT2D eigenvalue weighted by Crippen LogP contribution is 2.30. The van der Waals surface area contributed by atoms with Gasteiger partial charge >= 0.3 is 0 Å². The molecule has 28 heavy (non-hydrogen) atoms. The van der Waals surface area contributed by atoms with Crippen molar-refractivity contribution in [1.82, 2.24) is 5.16 Å². The Morgan fingerprint density at radius 2 is 1.79 bits per heavy atom. The van der Waals surface area contributed by atoms with E-state index in [1.807, 2.05) is 25.1 Å². The lowest BCUT2D eigenvalue weighted by Gasteiger charge is -2.24. The van der Waals surface area contributed by atoms with Crippen LogP contribution in [0.2, 0.25) is 0 Å². The monoisotopic (exact) mass is 378 g/mol. The molecule has 142 valence electrons. The molecule has 0 fully saturated rings. The van der Waals surface area contributed by atoms with Gasteiger partial charge in [-0.1, -0.05) is 35.5 Å². The van der Waals surface area contributed by atoms with E-state index in [4.69, 9.17) is 10.3 Å². The lowest BCUT2D eigenvalue weighted by atomic mass is 9.99. The second-order valence-electron chi connectivity index (χ2n) is 6.65. The predicted octanol–water partition coefficient (Wildman–Crippen LogP) is 3.10. The molecule has 4 rings (SSSR count). The van der Waals surface area contributed by atoms with Crippen molar-refractivity contribution >= 4 is 17.3 Å². The van der Waals surface area contributed by atoms with Gasteiger partial charge in [0.2, 0.25) is 0 Å². The highest BCUT2D eigenvalue weighted by molar-refractivity contribution is 6.20. The molecular weight excluding hydrogens is 359 g/mol. The van der Waals surface area contributed by atoms with Crippen molar-refractivity contribution in [1.29, 1.82) is 0 Å². The van der Waals surface area contributed by atoms with Crippen molar-refractivity contribution in [2.75, 3.05) is 4.90 Å². The summed E-state index contributed by atoms with van der Waals surface area (Å²) in [4.78, 5) is 19.0. The molecule has 1 unspecified atom stereocenters. The number of para-hydroxylation sites is 1. The Kier molecular flexibility index (Phi) is 4.52. The summed E-state index contributed by atoms with van der Waals surface area (Å²) in [5.41, 5.74) is 9.52. The van der Waals surface area contributed by atoms with Crippen molar-refractivity contribution in [3.63, 3.8) is 0 Å². The van der Waals surface area contributed by atoms with Crippen LogP contribution in [0.5, 0.6) is 0 Å². The van der Waals surface area contributed by atoms with Gasteiger partial charge < -0.3 is 15.2 Å². The summed E-state index contributed by atoms with van der Waals surface area (Å²) in [6.45, 7) is 3.86. The SMILES string of the molecule is Cc1noc(C)c1CN1C(=O)C(N)N=C(c2ccccc2F)c2ccccc21. The van der Waals surface area contributed by atoms with Crippen molar-refractivity contribution in [2.24, 2.45) is 10.7 Å². The topological polar surface area (TPSA) is 84.7 Å². The van der Waals surface area contributed by atoms with E-state index in [1.54, 1.807) is 36.1 Å². The Morgan fingerprint density at radius 3 is 2.46 bits per heavy atom. The van der Waals surface area contributed by atoms with E-state index in [9.17, 15) is 9.18 Å². The number of aryl methyl sites for hydroxylation is 2. The van der Waals surface area contributed by atoms with Crippen LogP contribution in [0.4, 0.5) is 10.1 Å². The Labute approximate surface area is 161 Å².